The van der Waals surface area contributed by atoms with E-state index >= 15 is 0 Å². The predicted molar refractivity (Wildman–Crippen MR) is 54.8 cm³/mol. The van der Waals surface area contributed by atoms with Gasteiger partial charge in [-0.05, 0) is 12.1 Å². The number of imide groups is 1. The van der Waals surface area contributed by atoms with E-state index in [0.29, 0.717) is 0 Å². The normalized spacial score (nSPS) is 23.4. The van der Waals surface area contributed by atoms with E-state index in [2.05, 4.69) is 0 Å². The first-order valence-corrected chi connectivity index (χ1v) is 4.88. The van der Waals surface area contributed by atoms with Gasteiger partial charge in [-0.1, -0.05) is 18.2 Å². The van der Waals surface area contributed by atoms with Crippen molar-refractivity contribution in [2.45, 2.75) is 12.2 Å². The van der Waals surface area contributed by atoms with Gasteiger partial charge in [0, 0.05) is 0 Å². The summed E-state index contributed by atoms with van der Waals surface area (Å²) < 4.78 is 4.77. The fourth-order valence-corrected chi connectivity index (χ4v) is 1.42. The van der Waals surface area contributed by atoms with Gasteiger partial charge >= 0.3 is 5.97 Å². The predicted octanol–water partition coefficient (Wildman–Crippen LogP) is -0.771. The van der Waals surface area contributed by atoms with Crippen LogP contribution in [0.4, 0.5) is 0 Å². The third-order valence-electron chi connectivity index (χ3n) is 2.30. The number of ether oxygens (including phenoxy) is 1. The molecule has 0 saturated carbocycles. The first-order chi connectivity index (χ1) is 8.09. The number of benzene rings is 1. The molecule has 0 aromatic heterocycles. The molecule has 2 rings (SSSR count). The van der Waals surface area contributed by atoms with Gasteiger partial charge in [-0.15, -0.1) is 0 Å². The number of amides is 2. The number of carbonyl (C=O) groups excluding carboxylic acids is 3. The molecule has 1 aliphatic heterocycles. The van der Waals surface area contributed by atoms with Crippen LogP contribution in [0, 0.1) is 0 Å². The van der Waals surface area contributed by atoms with Gasteiger partial charge in [0.25, 0.3) is 11.8 Å². The number of esters is 1. The van der Waals surface area contributed by atoms with Crippen LogP contribution < -0.4 is 5.32 Å². The van der Waals surface area contributed by atoms with Gasteiger partial charge in [0.05, 0.1) is 5.56 Å². The summed E-state index contributed by atoms with van der Waals surface area (Å²) in [7, 11) is 0. The Balaban J connectivity index is 2.10. The highest BCUT2D eigenvalue weighted by Crippen LogP contribution is 2.11. The number of rotatable bonds is 2. The maximum Gasteiger partial charge on any atom is 0.339 e. The van der Waals surface area contributed by atoms with Gasteiger partial charge in [-0.25, -0.2) is 4.79 Å². The van der Waals surface area contributed by atoms with Crippen LogP contribution in [0.15, 0.2) is 30.3 Å². The van der Waals surface area contributed by atoms with Gasteiger partial charge in [-0.3, -0.25) is 14.9 Å². The Kier molecular flexibility index (Phi) is 2.88. The van der Waals surface area contributed by atoms with Crippen molar-refractivity contribution >= 4 is 17.8 Å². The molecule has 1 aromatic rings. The topological polar surface area (TPSA) is 92.7 Å². The van der Waals surface area contributed by atoms with Crippen molar-refractivity contribution in [3.05, 3.63) is 35.9 Å². The summed E-state index contributed by atoms with van der Waals surface area (Å²) in [5.41, 5.74) is 0.242. The molecule has 6 heteroatoms. The smallest absolute Gasteiger partial charge is 0.339 e. The van der Waals surface area contributed by atoms with E-state index in [1.54, 1.807) is 18.2 Å². The quantitative estimate of drug-likeness (QED) is 0.518. The van der Waals surface area contributed by atoms with Gasteiger partial charge in [0.15, 0.2) is 6.10 Å². The van der Waals surface area contributed by atoms with E-state index in [1.165, 1.54) is 12.1 Å². The summed E-state index contributed by atoms with van der Waals surface area (Å²) in [5.74, 6) is -2.44. The molecule has 2 amide bonds. The van der Waals surface area contributed by atoms with Crippen LogP contribution in [0.3, 0.4) is 0 Å². The lowest BCUT2D eigenvalue weighted by atomic mass is 10.2. The molecule has 1 fully saturated rings. The molecule has 1 aromatic carbocycles. The van der Waals surface area contributed by atoms with Crippen LogP contribution in [-0.2, 0) is 14.3 Å². The number of nitrogens with one attached hydrogen (secondary N) is 1. The molecule has 17 heavy (non-hydrogen) atoms. The Labute approximate surface area is 96.2 Å². The zero-order chi connectivity index (χ0) is 12.4. The molecule has 1 saturated heterocycles. The number of aliphatic hydroxyl groups excluding tert-OH is 1. The largest absolute Gasteiger partial charge is 0.445 e. The minimum Gasteiger partial charge on any atom is -0.445 e. The van der Waals surface area contributed by atoms with Crippen molar-refractivity contribution < 1.29 is 24.2 Å². The summed E-state index contributed by atoms with van der Waals surface area (Å²) in [6, 6.07) is 7.99. The van der Waals surface area contributed by atoms with Crippen LogP contribution in [0.1, 0.15) is 10.4 Å². The van der Waals surface area contributed by atoms with Crippen molar-refractivity contribution in [1.29, 1.82) is 0 Å². The molecule has 0 radical (unpaired) electrons. The second-order valence-corrected chi connectivity index (χ2v) is 3.49. The van der Waals surface area contributed by atoms with E-state index in [9.17, 15) is 19.5 Å². The number of hydrogen-bond donors (Lipinski definition) is 2. The first-order valence-electron chi connectivity index (χ1n) is 4.88. The van der Waals surface area contributed by atoms with Crippen LogP contribution in [-0.4, -0.2) is 35.1 Å². The molecule has 2 unspecified atom stereocenters. The second kappa shape index (κ2) is 4.34. The molecular weight excluding hydrogens is 226 g/mol. The van der Waals surface area contributed by atoms with E-state index in [1.807, 2.05) is 5.32 Å². The average Bonchev–Trinajstić information content (AvgIpc) is 2.57. The molecule has 88 valence electrons. The van der Waals surface area contributed by atoms with Crippen LogP contribution in [0.2, 0.25) is 0 Å². The summed E-state index contributed by atoms with van der Waals surface area (Å²) in [5, 5.41) is 11.2. The van der Waals surface area contributed by atoms with E-state index in [0.717, 1.165) is 0 Å². The van der Waals surface area contributed by atoms with Crippen molar-refractivity contribution in [3.63, 3.8) is 0 Å². The Bertz CT molecular complexity index is 470. The molecule has 2 atom stereocenters. The third kappa shape index (κ3) is 2.16. The number of carbonyl (C=O) groups is 3. The third-order valence-corrected chi connectivity index (χ3v) is 2.30. The maximum atomic E-state index is 11.6. The fourth-order valence-electron chi connectivity index (χ4n) is 1.42. The fraction of sp³-hybridized carbons (Fsp3) is 0.182. The highest BCUT2D eigenvalue weighted by Gasteiger charge is 2.43. The standard InChI is InChI=1S/C11H9NO5/c13-7-8(10(15)12-9(7)14)17-11(16)6-4-2-1-3-5-6/h1-5,7-8,13H,(H,12,14,15). The minimum absolute atomic E-state index is 0.242. The van der Waals surface area contributed by atoms with Gasteiger partial charge in [-0.2, -0.15) is 0 Å². The van der Waals surface area contributed by atoms with E-state index in [-0.39, 0.29) is 5.56 Å². The number of hydrogen-bond acceptors (Lipinski definition) is 5. The second-order valence-electron chi connectivity index (χ2n) is 3.49. The summed E-state index contributed by atoms with van der Waals surface area (Å²) in [6.07, 6.45) is -3.12. The maximum absolute atomic E-state index is 11.6. The van der Waals surface area contributed by atoms with Gasteiger partial charge in [0.2, 0.25) is 6.10 Å². The van der Waals surface area contributed by atoms with Crippen LogP contribution >= 0.6 is 0 Å². The van der Waals surface area contributed by atoms with Crippen LogP contribution in [0.25, 0.3) is 0 Å². The van der Waals surface area contributed by atoms with Crippen LogP contribution in [0.5, 0.6) is 0 Å². The van der Waals surface area contributed by atoms with Crippen molar-refractivity contribution in [3.8, 4) is 0 Å². The Hall–Kier alpha value is -2.21. The summed E-state index contributed by atoms with van der Waals surface area (Å²) >= 11 is 0. The molecule has 0 aliphatic carbocycles. The molecular formula is C11H9NO5. The molecule has 0 bridgehead atoms. The lowest BCUT2D eigenvalue weighted by molar-refractivity contribution is -0.130. The highest BCUT2D eigenvalue weighted by atomic mass is 16.6. The van der Waals surface area contributed by atoms with Crippen molar-refractivity contribution in [2.24, 2.45) is 0 Å². The van der Waals surface area contributed by atoms with Gasteiger partial charge in [0.1, 0.15) is 0 Å². The molecule has 0 spiro atoms. The Morgan fingerprint density at radius 2 is 1.82 bits per heavy atom. The Morgan fingerprint density at radius 1 is 1.18 bits per heavy atom. The summed E-state index contributed by atoms with van der Waals surface area (Å²) in [4.78, 5) is 33.7. The summed E-state index contributed by atoms with van der Waals surface area (Å²) in [6.45, 7) is 0. The molecule has 6 nitrogen and oxygen atoms in total. The van der Waals surface area contributed by atoms with E-state index < -0.39 is 30.0 Å². The minimum atomic E-state index is -1.64. The zero-order valence-corrected chi connectivity index (χ0v) is 8.62. The molecule has 1 aliphatic rings. The SMILES string of the molecule is O=C(OC1C(=O)NC(=O)C1O)c1ccccc1. The molecule has 1 heterocycles. The lowest BCUT2D eigenvalue weighted by Crippen LogP contribution is -2.34. The average molecular weight is 235 g/mol. The molecule has 2 N–H and O–H groups in total. The Morgan fingerprint density at radius 3 is 2.35 bits per heavy atom. The highest BCUT2D eigenvalue weighted by molar-refractivity contribution is 6.09. The van der Waals surface area contributed by atoms with Crippen molar-refractivity contribution in [2.75, 3.05) is 0 Å². The first kappa shape index (κ1) is 11.3. The van der Waals surface area contributed by atoms with Crippen molar-refractivity contribution in [1.82, 2.24) is 5.32 Å². The van der Waals surface area contributed by atoms with Gasteiger partial charge < -0.3 is 9.84 Å². The zero-order valence-electron chi connectivity index (χ0n) is 8.62. The number of aliphatic hydroxyl groups is 1. The monoisotopic (exact) mass is 235 g/mol. The van der Waals surface area contributed by atoms with E-state index in [4.69, 9.17) is 4.74 Å². The lowest BCUT2D eigenvalue weighted by Gasteiger charge is -2.11.